The van der Waals surface area contributed by atoms with Gasteiger partial charge < -0.3 is 14.2 Å². The van der Waals surface area contributed by atoms with Crippen molar-refractivity contribution in [3.05, 3.63) is 18.2 Å². The molecule has 4 heteroatoms. The highest BCUT2D eigenvalue weighted by Gasteiger charge is 2.56. The number of hydrogen-bond acceptors (Lipinski definition) is 3. The largest absolute Gasteiger partial charge is 0.493 e. The summed E-state index contributed by atoms with van der Waals surface area (Å²) >= 11 is 3.83. The van der Waals surface area contributed by atoms with Gasteiger partial charge in [0.1, 0.15) is 6.10 Å². The second-order valence-corrected chi connectivity index (χ2v) is 6.85. The molecule has 2 aliphatic carbocycles. The predicted molar refractivity (Wildman–Crippen MR) is 82.2 cm³/mol. The first-order valence-electron chi connectivity index (χ1n) is 7.23. The number of methoxy groups -OCH3 is 2. The van der Waals surface area contributed by atoms with Gasteiger partial charge in [0.15, 0.2) is 11.5 Å². The van der Waals surface area contributed by atoms with E-state index < -0.39 is 0 Å². The van der Waals surface area contributed by atoms with Gasteiger partial charge in [-0.25, -0.2) is 0 Å². The first-order chi connectivity index (χ1) is 9.71. The van der Waals surface area contributed by atoms with Crippen molar-refractivity contribution in [3.8, 4) is 17.2 Å². The lowest BCUT2D eigenvalue weighted by Gasteiger charge is -2.51. The molecule has 1 aromatic rings. The maximum Gasteiger partial charge on any atom is 0.203 e. The van der Waals surface area contributed by atoms with Crippen molar-refractivity contribution >= 4 is 15.9 Å². The molecule has 0 bridgehead atoms. The Morgan fingerprint density at radius 3 is 2.20 bits per heavy atom. The van der Waals surface area contributed by atoms with Crippen LogP contribution in [-0.4, -0.2) is 25.2 Å². The van der Waals surface area contributed by atoms with Crippen LogP contribution in [0.25, 0.3) is 0 Å². The summed E-state index contributed by atoms with van der Waals surface area (Å²) in [6.45, 7) is 0. The zero-order valence-corrected chi connectivity index (χ0v) is 13.6. The quantitative estimate of drug-likeness (QED) is 0.769. The van der Waals surface area contributed by atoms with Crippen LogP contribution in [0.5, 0.6) is 17.2 Å². The lowest BCUT2D eigenvalue weighted by molar-refractivity contribution is -0.0328. The number of halogens is 1. The minimum Gasteiger partial charge on any atom is -0.493 e. The van der Waals surface area contributed by atoms with E-state index >= 15 is 0 Å². The second kappa shape index (κ2) is 5.47. The van der Waals surface area contributed by atoms with Gasteiger partial charge in [-0.2, -0.15) is 0 Å². The normalized spacial score (nSPS) is 27.1. The maximum atomic E-state index is 6.32. The van der Waals surface area contributed by atoms with Crippen molar-refractivity contribution in [2.75, 3.05) is 14.2 Å². The summed E-state index contributed by atoms with van der Waals surface area (Å²) in [6.07, 6.45) is 6.45. The Morgan fingerprint density at radius 1 is 1.10 bits per heavy atom. The summed E-state index contributed by atoms with van der Waals surface area (Å²) in [4.78, 5) is 0.586. The highest BCUT2D eigenvalue weighted by Crippen LogP contribution is 2.58. The molecule has 1 aromatic carbocycles. The number of hydrogen-bond donors (Lipinski definition) is 0. The van der Waals surface area contributed by atoms with Gasteiger partial charge in [0.2, 0.25) is 5.75 Å². The third-order valence-electron chi connectivity index (χ3n) is 4.86. The fourth-order valence-electron chi connectivity index (χ4n) is 3.61. The minimum atomic E-state index is 0.263. The van der Waals surface area contributed by atoms with E-state index in [9.17, 15) is 0 Å². The van der Waals surface area contributed by atoms with E-state index in [2.05, 4.69) is 15.9 Å². The molecule has 0 heterocycles. The fourth-order valence-corrected chi connectivity index (χ4v) is 4.70. The van der Waals surface area contributed by atoms with Crippen molar-refractivity contribution in [1.82, 2.24) is 0 Å². The summed E-state index contributed by atoms with van der Waals surface area (Å²) in [7, 11) is 3.34. The molecule has 0 saturated heterocycles. The Kier molecular flexibility index (Phi) is 3.85. The number of ether oxygens (including phenoxy) is 3. The van der Waals surface area contributed by atoms with Gasteiger partial charge in [-0.3, -0.25) is 0 Å². The van der Waals surface area contributed by atoms with Gasteiger partial charge in [0, 0.05) is 10.2 Å². The van der Waals surface area contributed by atoms with Crippen LogP contribution in [0.3, 0.4) is 0 Å². The van der Waals surface area contributed by atoms with E-state index in [1.165, 1.54) is 25.7 Å². The molecule has 0 amide bonds. The zero-order valence-electron chi connectivity index (χ0n) is 12.0. The van der Waals surface area contributed by atoms with Gasteiger partial charge in [-0.05, 0) is 31.4 Å². The molecule has 2 unspecified atom stereocenters. The van der Waals surface area contributed by atoms with Crippen LogP contribution in [0.1, 0.15) is 32.1 Å². The van der Waals surface area contributed by atoms with Crippen LogP contribution in [0.4, 0.5) is 0 Å². The van der Waals surface area contributed by atoms with E-state index in [1.54, 1.807) is 14.2 Å². The van der Waals surface area contributed by atoms with Crippen molar-refractivity contribution in [2.45, 2.75) is 43.0 Å². The van der Waals surface area contributed by atoms with E-state index in [0.29, 0.717) is 10.2 Å². The molecule has 1 spiro atoms. The van der Waals surface area contributed by atoms with Crippen LogP contribution < -0.4 is 14.2 Å². The first-order valence-corrected chi connectivity index (χ1v) is 8.14. The molecule has 110 valence electrons. The highest BCUT2D eigenvalue weighted by molar-refractivity contribution is 9.09. The van der Waals surface area contributed by atoms with Crippen LogP contribution in [0.2, 0.25) is 0 Å². The maximum absolute atomic E-state index is 6.32. The van der Waals surface area contributed by atoms with Crippen LogP contribution in [0, 0.1) is 5.41 Å². The number of benzene rings is 1. The summed E-state index contributed by atoms with van der Waals surface area (Å²) in [5, 5.41) is 0. The summed E-state index contributed by atoms with van der Waals surface area (Å²) < 4.78 is 17.2. The summed E-state index contributed by atoms with van der Waals surface area (Å²) in [5.41, 5.74) is 0.311. The van der Waals surface area contributed by atoms with Crippen LogP contribution in [-0.2, 0) is 0 Å². The van der Waals surface area contributed by atoms with Crippen molar-refractivity contribution in [1.29, 1.82) is 0 Å². The highest BCUT2D eigenvalue weighted by atomic mass is 79.9. The van der Waals surface area contributed by atoms with E-state index in [4.69, 9.17) is 14.2 Å². The summed E-state index contributed by atoms with van der Waals surface area (Å²) in [6, 6.07) is 5.76. The van der Waals surface area contributed by atoms with Crippen LogP contribution >= 0.6 is 15.9 Å². The first kappa shape index (κ1) is 14.1. The van der Waals surface area contributed by atoms with Gasteiger partial charge in [0.25, 0.3) is 0 Å². The molecule has 2 atom stereocenters. The third kappa shape index (κ3) is 2.09. The lowest BCUT2D eigenvalue weighted by atomic mass is 9.64. The Hall–Kier alpha value is -0.900. The van der Waals surface area contributed by atoms with Gasteiger partial charge in [-0.15, -0.1) is 0 Å². The molecule has 2 fully saturated rings. The van der Waals surface area contributed by atoms with Gasteiger partial charge in [0.05, 0.1) is 14.2 Å². The molecule has 3 rings (SSSR count). The topological polar surface area (TPSA) is 27.7 Å². The molecule has 0 radical (unpaired) electrons. The monoisotopic (exact) mass is 340 g/mol. The number of rotatable bonds is 4. The Bertz CT molecular complexity index is 460. The molecule has 0 aromatic heterocycles. The molecular formula is C16H21BrO3. The standard InChI is InChI=1S/C16H21BrO3/c1-18-11-6-5-7-12(19-2)15(11)20-14-10-13(17)16(14)8-3-4-9-16/h5-7,13-14H,3-4,8-10H2,1-2H3. The number of alkyl halides is 1. The van der Waals surface area contributed by atoms with E-state index in [0.717, 1.165) is 23.7 Å². The van der Waals surface area contributed by atoms with E-state index in [-0.39, 0.29) is 6.10 Å². The Balaban J connectivity index is 1.85. The second-order valence-electron chi connectivity index (χ2n) is 5.74. The van der Waals surface area contributed by atoms with Gasteiger partial charge >= 0.3 is 0 Å². The zero-order chi connectivity index (χ0) is 14.2. The Labute approximate surface area is 128 Å². The van der Waals surface area contributed by atoms with Crippen molar-refractivity contribution in [3.63, 3.8) is 0 Å². The third-order valence-corrected chi connectivity index (χ3v) is 6.15. The summed E-state index contributed by atoms with van der Waals surface area (Å²) in [5.74, 6) is 2.24. The average molecular weight is 341 g/mol. The predicted octanol–water partition coefficient (Wildman–Crippen LogP) is 4.18. The molecule has 0 N–H and O–H groups in total. The SMILES string of the molecule is COc1cccc(OC)c1OC1CC(Br)C12CCCC2. The lowest BCUT2D eigenvalue weighted by Crippen LogP contribution is -2.55. The molecule has 0 aliphatic heterocycles. The Morgan fingerprint density at radius 2 is 1.70 bits per heavy atom. The van der Waals surface area contributed by atoms with Crippen LogP contribution in [0.15, 0.2) is 18.2 Å². The molecule has 2 saturated carbocycles. The molecule has 2 aliphatic rings. The smallest absolute Gasteiger partial charge is 0.203 e. The van der Waals surface area contributed by atoms with E-state index in [1.807, 2.05) is 18.2 Å². The molecule has 20 heavy (non-hydrogen) atoms. The van der Waals surface area contributed by atoms with Gasteiger partial charge in [-0.1, -0.05) is 34.8 Å². The average Bonchev–Trinajstić information content (AvgIpc) is 2.99. The van der Waals surface area contributed by atoms with Crippen molar-refractivity contribution in [2.24, 2.45) is 5.41 Å². The minimum absolute atomic E-state index is 0.263. The number of para-hydroxylation sites is 1. The molecular weight excluding hydrogens is 320 g/mol. The van der Waals surface area contributed by atoms with Crippen molar-refractivity contribution < 1.29 is 14.2 Å². The molecule has 3 nitrogen and oxygen atoms in total. The fraction of sp³-hybridized carbons (Fsp3) is 0.625.